The molecule has 2 aliphatic rings. The average molecular weight is 574 g/mol. The molecule has 2 N–H and O–H groups in total. The van der Waals surface area contributed by atoms with Crippen molar-refractivity contribution in [1.29, 1.82) is 0 Å². The molecule has 41 heavy (non-hydrogen) atoms. The highest BCUT2D eigenvalue weighted by Gasteiger charge is 2.32. The van der Waals surface area contributed by atoms with E-state index in [0.29, 0.717) is 12.8 Å². The Balaban J connectivity index is 1.72. The maximum Gasteiger partial charge on any atom is 0.303 e. The van der Waals surface area contributed by atoms with Crippen LogP contribution in [-0.4, -0.2) is 34.5 Å². The van der Waals surface area contributed by atoms with Crippen LogP contribution in [0.3, 0.4) is 0 Å². The monoisotopic (exact) mass is 573 g/mol. The summed E-state index contributed by atoms with van der Waals surface area (Å²) in [6, 6.07) is 7.53. The zero-order valence-electron chi connectivity index (χ0n) is 23.9. The third kappa shape index (κ3) is 12.1. The minimum Gasteiger partial charge on any atom is -0.481 e. The summed E-state index contributed by atoms with van der Waals surface area (Å²) < 4.78 is 0. The SMILES string of the molecule is C\C(=C/C(=C\C=C\C(=O)Nc1ccc(P)cc1)C1=NO[C@](C)(CC2=CCC=CC=C2)CC1)N=CCCCCC(=O)O. The molecule has 1 aromatic carbocycles. The number of allylic oxidation sites excluding steroid dienone is 10. The van der Waals surface area contributed by atoms with Gasteiger partial charge in [0.15, 0.2) is 0 Å². The van der Waals surface area contributed by atoms with Crippen LogP contribution in [0.4, 0.5) is 5.69 Å². The fourth-order valence-electron chi connectivity index (χ4n) is 4.34. The van der Waals surface area contributed by atoms with Gasteiger partial charge in [0.2, 0.25) is 5.91 Å². The lowest BCUT2D eigenvalue weighted by molar-refractivity contribution is -0.137. The first-order chi connectivity index (χ1) is 19.7. The van der Waals surface area contributed by atoms with Crippen LogP contribution in [0, 0.1) is 0 Å². The fraction of sp³-hybridized carbons (Fsp3) is 0.333. The quantitative estimate of drug-likeness (QED) is 0.0874. The number of aliphatic imine (C=N–C) groups is 1. The predicted molar refractivity (Wildman–Crippen MR) is 172 cm³/mol. The molecule has 216 valence electrons. The summed E-state index contributed by atoms with van der Waals surface area (Å²) in [5.41, 5.74) is 3.96. The van der Waals surface area contributed by atoms with Gasteiger partial charge >= 0.3 is 5.97 Å². The lowest BCUT2D eigenvalue weighted by Crippen LogP contribution is -2.32. The van der Waals surface area contributed by atoms with Gasteiger partial charge in [0.25, 0.3) is 0 Å². The van der Waals surface area contributed by atoms with E-state index in [4.69, 9.17) is 9.94 Å². The molecule has 1 aliphatic heterocycles. The van der Waals surface area contributed by atoms with Crippen LogP contribution >= 0.6 is 9.24 Å². The standard InChI is InChI=1S/C33H40N3O4P/c1-25(34-22-9-5-8-15-32(38)39)23-27(13-10-14-31(37)35-28-16-18-29(41)19-17-28)30-20-21-33(2,40-36-30)24-26-11-6-3-4-7-12-26/h3-4,6,10-14,16-19,22-23H,5,7-9,15,20-21,24,41H2,1-2H3,(H,35,37)(H,38,39)/b14-10+,25-23+,27-13+,34-22?/t33-/m0/s1. The van der Waals surface area contributed by atoms with Gasteiger partial charge in [0.05, 0.1) is 5.71 Å². The molecule has 8 heteroatoms. The summed E-state index contributed by atoms with van der Waals surface area (Å²) in [5.74, 6) is -1.01. The van der Waals surface area contributed by atoms with Crippen LogP contribution in [0.25, 0.3) is 0 Å². The molecule has 2 atom stereocenters. The number of aliphatic carboxylic acids is 1. The van der Waals surface area contributed by atoms with Crippen molar-refractivity contribution in [2.24, 2.45) is 10.1 Å². The highest BCUT2D eigenvalue weighted by atomic mass is 31.0. The second-order valence-corrected chi connectivity index (χ2v) is 11.1. The van der Waals surface area contributed by atoms with Crippen molar-refractivity contribution in [3.05, 3.63) is 95.8 Å². The molecule has 0 aromatic heterocycles. The van der Waals surface area contributed by atoms with E-state index in [0.717, 1.165) is 60.1 Å². The lowest BCUT2D eigenvalue weighted by atomic mass is 9.88. The molecule has 1 unspecified atom stereocenters. The first kappa shape index (κ1) is 31.7. The van der Waals surface area contributed by atoms with E-state index in [9.17, 15) is 9.59 Å². The number of carbonyl (C=O) groups excluding carboxylic acids is 1. The summed E-state index contributed by atoms with van der Waals surface area (Å²) in [7, 11) is 2.62. The van der Waals surface area contributed by atoms with Crippen LogP contribution in [-0.2, 0) is 14.4 Å². The fourth-order valence-corrected chi connectivity index (χ4v) is 4.54. The third-order valence-corrected chi connectivity index (χ3v) is 6.97. The molecule has 0 bridgehead atoms. The van der Waals surface area contributed by atoms with Gasteiger partial charge in [0, 0.05) is 42.1 Å². The highest BCUT2D eigenvalue weighted by molar-refractivity contribution is 7.27. The predicted octanol–water partition coefficient (Wildman–Crippen LogP) is 6.99. The number of benzene rings is 1. The van der Waals surface area contributed by atoms with Crippen molar-refractivity contribution in [2.75, 3.05) is 5.32 Å². The number of hydrogen-bond donors (Lipinski definition) is 2. The van der Waals surface area contributed by atoms with Crippen LogP contribution in [0.15, 0.2) is 106 Å². The summed E-state index contributed by atoms with van der Waals surface area (Å²) in [5, 5.41) is 17.2. The first-order valence-electron chi connectivity index (χ1n) is 14.0. The number of nitrogens with one attached hydrogen (secondary N) is 1. The lowest BCUT2D eigenvalue weighted by Gasteiger charge is -2.32. The Bertz CT molecular complexity index is 1320. The normalized spacial score (nSPS) is 19.6. The zero-order valence-corrected chi connectivity index (χ0v) is 25.0. The Hall–Kier alpha value is -3.83. The van der Waals surface area contributed by atoms with Gasteiger partial charge in [0.1, 0.15) is 5.60 Å². The molecule has 0 spiro atoms. The average Bonchev–Trinajstić information content (AvgIpc) is 3.20. The van der Waals surface area contributed by atoms with E-state index in [1.54, 1.807) is 6.08 Å². The van der Waals surface area contributed by atoms with E-state index in [1.807, 2.05) is 49.6 Å². The Morgan fingerprint density at radius 3 is 2.76 bits per heavy atom. The van der Waals surface area contributed by atoms with Crippen LogP contribution < -0.4 is 10.6 Å². The van der Waals surface area contributed by atoms with Gasteiger partial charge < -0.3 is 15.3 Å². The minimum atomic E-state index is -0.779. The maximum atomic E-state index is 12.5. The van der Waals surface area contributed by atoms with Crippen molar-refractivity contribution >= 4 is 44.0 Å². The number of carboxylic acid groups (broad SMARTS) is 1. The third-order valence-electron chi connectivity index (χ3n) is 6.59. The highest BCUT2D eigenvalue weighted by Crippen LogP contribution is 2.32. The summed E-state index contributed by atoms with van der Waals surface area (Å²) in [4.78, 5) is 33.8. The van der Waals surface area contributed by atoms with Crippen molar-refractivity contribution in [3.8, 4) is 0 Å². The molecule has 1 aliphatic carbocycles. The van der Waals surface area contributed by atoms with Crippen LogP contribution in [0.5, 0.6) is 0 Å². The van der Waals surface area contributed by atoms with Crippen LogP contribution in [0.2, 0.25) is 0 Å². The van der Waals surface area contributed by atoms with E-state index >= 15 is 0 Å². The molecule has 0 saturated heterocycles. The molecule has 7 nitrogen and oxygen atoms in total. The summed E-state index contributed by atoms with van der Waals surface area (Å²) in [6.07, 6.45) is 24.9. The topological polar surface area (TPSA) is 100 Å². The molecule has 1 aromatic rings. The number of rotatable bonds is 13. The van der Waals surface area contributed by atoms with E-state index in [1.165, 1.54) is 11.6 Å². The van der Waals surface area contributed by atoms with Gasteiger partial charge in [-0.2, -0.15) is 0 Å². The number of anilines is 1. The van der Waals surface area contributed by atoms with Crippen molar-refractivity contribution in [3.63, 3.8) is 0 Å². The summed E-state index contributed by atoms with van der Waals surface area (Å²) in [6.45, 7) is 3.99. The van der Waals surface area contributed by atoms with Crippen molar-refractivity contribution < 1.29 is 19.5 Å². The van der Waals surface area contributed by atoms with Crippen molar-refractivity contribution in [1.82, 2.24) is 0 Å². The molecular weight excluding hydrogens is 533 g/mol. The number of carbonyl (C=O) groups is 2. The van der Waals surface area contributed by atoms with Gasteiger partial charge in [-0.15, -0.1) is 9.24 Å². The molecule has 0 fully saturated rings. The zero-order chi connectivity index (χ0) is 29.5. The van der Waals surface area contributed by atoms with E-state index in [2.05, 4.69) is 62.0 Å². The molecule has 3 rings (SSSR count). The Morgan fingerprint density at radius 2 is 2.02 bits per heavy atom. The maximum absolute atomic E-state index is 12.5. The first-order valence-corrected chi connectivity index (χ1v) is 14.6. The van der Waals surface area contributed by atoms with Crippen LogP contribution in [0.1, 0.15) is 65.2 Å². The molecular formula is C33H40N3O4P. The largest absolute Gasteiger partial charge is 0.481 e. The molecule has 0 radical (unpaired) electrons. The Kier molecular flexibility index (Phi) is 12.7. The Labute approximate surface area is 245 Å². The van der Waals surface area contributed by atoms with Crippen molar-refractivity contribution in [2.45, 2.75) is 70.8 Å². The molecule has 0 saturated carbocycles. The van der Waals surface area contributed by atoms with Gasteiger partial charge in [-0.3, -0.25) is 14.6 Å². The van der Waals surface area contributed by atoms with E-state index in [-0.39, 0.29) is 12.3 Å². The van der Waals surface area contributed by atoms with Gasteiger partial charge in [-0.1, -0.05) is 59.8 Å². The number of nitrogens with zero attached hydrogens (tertiary/aromatic N) is 2. The van der Waals surface area contributed by atoms with Gasteiger partial charge in [-0.05, 0) is 81.5 Å². The number of hydrogen-bond acceptors (Lipinski definition) is 5. The number of carboxylic acids is 1. The number of amides is 1. The minimum absolute atomic E-state index is 0.168. The van der Waals surface area contributed by atoms with Gasteiger partial charge in [-0.25, -0.2) is 0 Å². The molecule has 1 amide bonds. The summed E-state index contributed by atoms with van der Waals surface area (Å²) >= 11 is 0. The van der Waals surface area contributed by atoms with E-state index < -0.39 is 11.6 Å². The second-order valence-electron chi connectivity index (χ2n) is 10.4. The second kappa shape index (κ2) is 16.4. The number of unbranched alkanes of at least 4 members (excludes halogenated alkanes) is 2. The Morgan fingerprint density at radius 1 is 1.22 bits per heavy atom. The smallest absolute Gasteiger partial charge is 0.303 e. The number of oxime groups is 1. The molecule has 1 heterocycles.